The van der Waals surface area contributed by atoms with Crippen LogP contribution in [0.3, 0.4) is 0 Å². The van der Waals surface area contributed by atoms with Gasteiger partial charge in [-0.1, -0.05) is 13.8 Å². The molecule has 0 unspecified atom stereocenters. The van der Waals surface area contributed by atoms with Crippen LogP contribution in [0.5, 0.6) is 0 Å². The third kappa shape index (κ3) is 4.96. The Bertz CT molecular complexity index is 392. The van der Waals surface area contributed by atoms with E-state index in [1.807, 2.05) is 0 Å². The molecule has 0 fully saturated rings. The summed E-state index contributed by atoms with van der Waals surface area (Å²) in [6.07, 6.45) is 4.84. The molecular weight excluding hydrogens is 250 g/mol. The van der Waals surface area contributed by atoms with Crippen molar-refractivity contribution in [3.05, 3.63) is 11.9 Å². The molecule has 0 saturated carbocycles. The van der Waals surface area contributed by atoms with Gasteiger partial charge in [0, 0.05) is 25.7 Å². The lowest BCUT2D eigenvalue weighted by Crippen LogP contribution is -2.25. The number of rotatable bonds is 9. The van der Waals surface area contributed by atoms with Crippen molar-refractivity contribution in [1.29, 1.82) is 0 Å². The summed E-state index contributed by atoms with van der Waals surface area (Å²) >= 11 is 0. The van der Waals surface area contributed by atoms with Gasteiger partial charge in [0.1, 0.15) is 18.0 Å². The van der Waals surface area contributed by atoms with Crippen molar-refractivity contribution in [3.63, 3.8) is 0 Å². The highest BCUT2D eigenvalue weighted by Crippen LogP contribution is 2.23. The highest BCUT2D eigenvalue weighted by atomic mass is 15.2. The lowest BCUT2D eigenvalue weighted by molar-refractivity contribution is 0.401. The number of hydrogen-bond donors (Lipinski definition) is 1. The van der Waals surface area contributed by atoms with Crippen LogP contribution in [0, 0.1) is 0 Å². The Morgan fingerprint density at radius 1 is 1.10 bits per heavy atom. The Kier molecular flexibility index (Phi) is 7.30. The van der Waals surface area contributed by atoms with Crippen molar-refractivity contribution in [3.8, 4) is 0 Å². The predicted octanol–water partition coefficient (Wildman–Crippen LogP) is 2.25. The average Bonchev–Trinajstić information content (AvgIpc) is 2.43. The summed E-state index contributed by atoms with van der Waals surface area (Å²) in [5.41, 5.74) is 1.22. The molecule has 5 nitrogen and oxygen atoms in total. The molecule has 0 saturated heterocycles. The van der Waals surface area contributed by atoms with Gasteiger partial charge in [-0.25, -0.2) is 9.97 Å². The van der Waals surface area contributed by atoms with Crippen LogP contribution >= 0.6 is 0 Å². The second-order valence-electron chi connectivity index (χ2n) is 5.38. The van der Waals surface area contributed by atoms with E-state index in [4.69, 9.17) is 0 Å². The van der Waals surface area contributed by atoms with Crippen molar-refractivity contribution >= 4 is 11.6 Å². The van der Waals surface area contributed by atoms with Gasteiger partial charge < -0.3 is 15.1 Å². The molecule has 114 valence electrons. The zero-order valence-electron chi connectivity index (χ0n) is 13.6. The number of nitrogens with one attached hydrogen (secondary N) is 1. The van der Waals surface area contributed by atoms with E-state index in [1.54, 1.807) is 6.33 Å². The van der Waals surface area contributed by atoms with Crippen LogP contribution in [-0.2, 0) is 6.42 Å². The molecule has 0 aliphatic carbocycles. The molecule has 20 heavy (non-hydrogen) atoms. The Labute approximate surface area is 123 Å². The summed E-state index contributed by atoms with van der Waals surface area (Å²) in [7, 11) is 6.32. The smallest absolute Gasteiger partial charge is 0.137 e. The first-order valence-corrected chi connectivity index (χ1v) is 7.53. The molecule has 0 atom stereocenters. The third-order valence-electron chi connectivity index (χ3n) is 3.28. The third-order valence-corrected chi connectivity index (χ3v) is 3.28. The molecule has 5 heteroatoms. The molecule has 0 aromatic carbocycles. The quantitative estimate of drug-likeness (QED) is 0.751. The summed E-state index contributed by atoms with van der Waals surface area (Å²) in [5, 5.41) is 3.40. The number of nitrogens with zero attached hydrogens (tertiary/aromatic N) is 4. The lowest BCUT2D eigenvalue weighted by atomic mass is 10.2. The SMILES string of the molecule is CCCNc1ncnc(N(C)CCCN(C)C)c1CC. The standard InChI is InChI=1S/C15H29N5/c1-6-9-16-14-13(7-2)15(18-12-17-14)20(5)11-8-10-19(3)4/h12H,6-11H2,1-5H3,(H,16,17,18). The molecule has 1 aromatic rings. The van der Waals surface area contributed by atoms with Crippen LogP contribution in [0.1, 0.15) is 32.3 Å². The van der Waals surface area contributed by atoms with Crippen molar-refractivity contribution < 1.29 is 0 Å². The summed E-state index contributed by atoms with van der Waals surface area (Å²) in [6, 6.07) is 0. The van der Waals surface area contributed by atoms with Crippen molar-refractivity contribution in [2.45, 2.75) is 33.1 Å². The van der Waals surface area contributed by atoms with Crippen molar-refractivity contribution in [2.24, 2.45) is 0 Å². The van der Waals surface area contributed by atoms with Gasteiger partial charge in [-0.3, -0.25) is 0 Å². The van der Waals surface area contributed by atoms with Gasteiger partial charge in [-0.2, -0.15) is 0 Å². The van der Waals surface area contributed by atoms with E-state index in [0.29, 0.717) is 0 Å². The molecule has 0 aliphatic heterocycles. The molecule has 1 N–H and O–H groups in total. The molecule has 0 aliphatic rings. The van der Waals surface area contributed by atoms with Crippen LogP contribution < -0.4 is 10.2 Å². The maximum Gasteiger partial charge on any atom is 0.137 e. The van der Waals surface area contributed by atoms with Gasteiger partial charge >= 0.3 is 0 Å². The van der Waals surface area contributed by atoms with Gasteiger partial charge in [0.25, 0.3) is 0 Å². The fraction of sp³-hybridized carbons (Fsp3) is 0.733. The molecule has 1 heterocycles. The van der Waals surface area contributed by atoms with Gasteiger partial charge in [0.2, 0.25) is 0 Å². The second kappa shape index (κ2) is 8.74. The highest BCUT2D eigenvalue weighted by molar-refractivity contribution is 5.58. The Hall–Kier alpha value is -1.36. The van der Waals surface area contributed by atoms with Crippen molar-refractivity contribution in [2.75, 3.05) is 51.0 Å². The first-order valence-electron chi connectivity index (χ1n) is 7.53. The zero-order valence-corrected chi connectivity index (χ0v) is 13.6. The van der Waals surface area contributed by atoms with E-state index >= 15 is 0 Å². The van der Waals surface area contributed by atoms with Crippen LogP contribution in [0.15, 0.2) is 6.33 Å². The molecule has 0 amide bonds. The van der Waals surface area contributed by atoms with E-state index in [9.17, 15) is 0 Å². The average molecular weight is 279 g/mol. The number of hydrogen-bond acceptors (Lipinski definition) is 5. The first kappa shape index (κ1) is 16.7. The van der Waals surface area contributed by atoms with Crippen LogP contribution in [0.4, 0.5) is 11.6 Å². The zero-order chi connectivity index (χ0) is 15.0. The summed E-state index contributed by atoms with van der Waals surface area (Å²) in [5.74, 6) is 2.04. The molecule has 0 spiro atoms. The fourth-order valence-corrected chi connectivity index (χ4v) is 2.18. The van der Waals surface area contributed by atoms with Gasteiger partial charge in [-0.05, 0) is 39.9 Å². The van der Waals surface area contributed by atoms with Crippen LogP contribution in [0.2, 0.25) is 0 Å². The lowest BCUT2D eigenvalue weighted by Gasteiger charge is -2.23. The maximum atomic E-state index is 4.48. The van der Waals surface area contributed by atoms with E-state index in [0.717, 1.165) is 50.5 Å². The minimum atomic E-state index is 0.945. The van der Waals surface area contributed by atoms with E-state index in [2.05, 4.69) is 60.1 Å². The summed E-state index contributed by atoms with van der Waals surface area (Å²) in [4.78, 5) is 13.3. The molecule has 0 radical (unpaired) electrons. The largest absolute Gasteiger partial charge is 0.370 e. The number of aromatic nitrogens is 2. The van der Waals surface area contributed by atoms with Crippen molar-refractivity contribution in [1.82, 2.24) is 14.9 Å². The summed E-state index contributed by atoms with van der Waals surface area (Å²) < 4.78 is 0. The molecule has 0 bridgehead atoms. The Morgan fingerprint density at radius 2 is 1.85 bits per heavy atom. The molecule has 1 aromatic heterocycles. The first-order chi connectivity index (χ1) is 9.60. The monoisotopic (exact) mass is 279 g/mol. The van der Waals surface area contributed by atoms with Crippen LogP contribution in [-0.4, -0.2) is 55.6 Å². The summed E-state index contributed by atoms with van der Waals surface area (Å²) in [6.45, 7) is 7.38. The van der Waals surface area contributed by atoms with Gasteiger partial charge in [-0.15, -0.1) is 0 Å². The highest BCUT2D eigenvalue weighted by Gasteiger charge is 2.12. The van der Waals surface area contributed by atoms with E-state index in [-0.39, 0.29) is 0 Å². The normalized spacial score (nSPS) is 10.9. The maximum absolute atomic E-state index is 4.48. The second-order valence-corrected chi connectivity index (χ2v) is 5.38. The predicted molar refractivity (Wildman–Crippen MR) is 86.6 cm³/mol. The van der Waals surface area contributed by atoms with E-state index < -0.39 is 0 Å². The molecular formula is C15H29N5. The Balaban J connectivity index is 2.76. The fourth-order valence-electron chi connectivity index (χ4n) is 2.18. The minimum Gasteiger partial charge on any atom is -0.370 e. The number of anilines is 2. The van der Waals surface area contributed by atoms with Gasteiger partial charge in [0.05, 0.1) is 0 Å². The minimum absolute atomic E-state index is 0.945. The topological polar surface area (TPSA) is 44.3 Å². The molecule has 1 rings (SSSR count). The van der Waals surface area contributed by atoms with E-state index in [1.165, 1.54) is 5.56 Å². The van der Waals surface area contributed by atoms with Crippen LogP contribution in [0.25, 0.3) is 0 Å². The Morgan fingerprint density at radius 3 is 2.45 bits per heavy atom. The van der Waals surface area contributed by atoms with Gasteiger partial charge in [0.15, 0.2) is 0 Å².